The minimum atomic E-state index is -0.447. The Hall–Kier alpha value is -1.72. The second-order valence-corrected chi connectivity index (χ2v) is 3.21. The van der Waals surface area contributed by atoms with E-state index in [4.69, 9.17) is 0 Å². The predicted octanol–water partition coefficient (Wildman–Crippen LogP) is 0.178. The van der Waals surface area contributed by atoms with Gasteiger partial charge in [0.05, 0.1) is 6.20 Å². The first kappa shape index (κ1) is 11.4. The second kappa shape index (κ2) is 5.23. The average molecular weight is 210 g/mol. The van der Waals surface area contributed by atoms with Gasteiger partial charge in [-0.05, 0) is 13.3 Å². The maximum atomic E-state index is 11.5. The van der Waals surface area contributed by atoms with Gasteiger partial charge in [-0.1, -0.05) is 12.1 Å². The molecule has 1 atom stereocenters. The van der Waals surface area contributed by atoms with Crippen molar-refractivity contribution in [2.24, 2.45) is 0 Å². The Morgan fingerprint density at radius 3 is 3.00 bits per heavy atom. The lowest BCUT2D eigenvalue weighted by Gasteiger charge is -2.10. The molecule has 0 aliphatic carbocycles. The summed E-state index contributed by atoms with van der Waals surface area (Å²) in [5.74, 6) is -0.126. The van der Waals surface area contributed by atoms with E-state index in [1.165, 1.54) is 10.9 Å². The molecule has 1 aromatic rings. The molecular weight excluding hydrogens is 196 g/mol. The Morgan fingerprint density at radius 1 is 1.73 bits per heavy atom. The SMILES string of the molecule is CCCNC(=O)C(C)n1cc(C=O)nn1. The van der Waals surface area contributed by atoms with Crippen LogP contribution < -0.4 is 5.32 Å². The van der Waals surface area contributed by atoms with E-state index in [0.717, 1.165) is 6.42 Å². The van der Waals surface area contributed by atoms with E-state index in [2.05, 4.69) is 15.6 Å². The molecule has 1 rings (SSSR count). The maximum Gasteiger partial charge on any atom is 0.244 e. The highest BCUT2D eigenvalue weighted by Gasteiger charge is 2.15. The van der Waals surface area contributed by atoms with Gasteiger partial charge in [-0.15, -0.1) is 5.10 Å². The summed E-state index contributed by atoms with van der Waals surface area (Å²) in [6.45, 7) is 4.32. The van der Waals surface area contributed by atoms with Gasteiger partial charge in [0.15, 0.2) is 6.29 Å². The summed E-state index contributed by atoms with van der Waals surface area (Å²) in [6.07, 6.45) is 2.93. The van der Waals surface area contributed by atoms with E-state index < -0.39 is 6.04 Å². The standard InChI is InChI=1S/C9H14N4O2/c1-3-4-10-9(15)7(2)13-5-8(6-14)11-12-13/h5-7H,3-4H2,1-2H3,(H,10,15). The molecule has 0 saturated carbocycles. The summed E-state index contributed by atoms with van der Waals surface area (Å²) in [4.78, 5) is 21.9. The van der Waals surface area contributed by atoms with Crippen LogP contribution in [0.3, 0.4) is 0 Å². The van der Waals surface area contributed by atoms with Crippen LogP contribution in [0, 0.1) is 0 Å². The molecular formula is C9H14N4O2. The van der Waals surface area contributed by atoms with Crippen molar-refractivity contribution in [1.29, 1.82) is 0 Å². The molecule has 0 aliphatic rings. The molecule has 0 fully saturated rings. The lowest BCUT2D eigenvalue weighted by atomic mass is 10.3. The van der Waals surface area contributed by atoms with Gasteiger partial charge in [-0.2, -0.15) is 0 Å². The van der Waals surface area contributed by atoms with Gasteiger partial charge < -0.3 is 5.32 Å². The van der Waals surface area contributed by atoms with Crippen molar-refractivity contribution in [3.05, 3.63) is 11.9 Å². The molecule has 0 radical (unpaired) electrons. The van der Waals surface area contributed by atoms with E-state index in [0.29, 0.717) is 12.8 Å². The number of aldehydes is 1. The minimum Gasteiger partial charge on any atom is -0.354 e. The van der Waals surface area contributed by atoms with Crippen molar-refractivity contribution < 1.29 is 9.59 Å². The number of carbonyl (C=O) groups excluding carboxylic acids is 2. The number of aromatic nitrogens is 3. The van der Waals surface area contributed by atoms with E-state index in [-0.39, 0.29) is 11.6 Å². The molecule has 0 aromatic carbocycles. The van der Waals surface area contributed by atoms with Crippen LogP contribution in [0.25, 0.3) is 0 Å². The number of nitrogens with one attached hydrogen (secondary N) is 1. The van der Waals surface area contributed by atoms with Crippen LogP contribution in [-0.2, 0) is 4.79 Å². The fourth-order valence-electron chi connectivity index (χ4n) is 1.05. The first-order valence-electron chi connectivity index (χ1n) is 4.83. The fraction of sp³-hybridized carbons (Fsp3) is 0.556. The first-order valence-corrected chi connectivity index (χ1v) is 4.83. The normalized spacial score (nSPS) is 12.1. The van der Waals surface area contributed by atoms with Gasteiger partial charge in [0.2, 0.25) is 5.91 Å². The third-order valence-electron chi connectivity index (χ3n) is 1.97. The molecule has 0 aliphatic heterocycles. The van der Waals surface area contributed by atoms with Crippen LogP contribution in [0.15, 0.2) is 6.20 Å². The van der Waals surface area contributed by atoms with E-state index >= 15 is 0 Å². The molecule has 1 aromatic heterocycles. The lowest BCUT2D eigenvalue weighted by Crippen LogP contribution is -2.31. The molecule has 0 bridgehead atoms. The molecule has 1 N–H and O–H groups in total. The summed E-state index contributed by atoms with van der Waals surface area (Å²) in [7, 11) is 0. The highest BCUT2D eigenvalue weighted by molar-refractivity contribution is 5.80. The van der Waals surface area contributed by atoms with E-state index in [9.17, 15) is 9.59 Å². The van der Waals surface area contributed by atoms with Gasteiger partial charge in [-0.3, -0.25) is 9.59 Å². The van der Waals surface area contributed by atoms with Gasteiger partial charge in [0.1, 0.15) is 11.7 Å². The molecule has 1 amide bonds. The summed E-state index contributed by atoms with van der Waals surface area (Å²) in [5, 5.41) is 10.0. The van der Waals surface area contributed by atoms with Gasteiger partial charge >= 0.3 is 0 Å². The van der Waals surface area contributed by atoms with Crippen molar-refractivity contribution in [2.75, 3.05) is 6.54 Å². The summed E-state index contributed by atoms with van der Waals surface area (Å²) < 4.78 is 1.37. The van der Waals surface area contributed by atoms with Crippen LogP contribution in [-0.4, -0.2) is 33.7 Å². The number of carbonyl (C=O) groups is 2. The monoisotopic (exact) mass is 210 g/mol. The van der Waals surface area contributed by atoms with Gasteiger partial charge in [0, 0.05) is 6.54 Å². The van der Waals surface area contributed by atoms with Crippen LogP contribution in [0.4, 0.5) is 0 Å². The average Bonchev–Trinajstić information content (AvgIpc) is 2.73. The largest absolute Gasteiger partial charge is 0.354 e. The van der Waals surface area contributed by atoms with Crippen LogP contribution in [0.2, 0.25) is 0 Å². The Kier molecular flexibility index (Phi) is 3.96. The van der Waals surface area contributed by atoms with Crippen molar-refractivity contribution in [3.63, 3.8) is 0 Å². The van der Waals surface area contributed by atoms with Crippen molar-refractivity contribution in [3.8, 4) is 0 Å². The summed E-state index contributed by atoms with van der Waals surface area (Å²) in [5.41, 5.74) is 0.227. The van der Waals surface area contributed by atoms with Crippen molar-refractivity contribution in [1.82, 2.24) is 20.3 Å². The van der Waals surface area contributed by atoms with E-state index in [1.807, 2.05) is 6.92 Å². The lowest BCUT2D eigenvalue weighted by molar-refractivity contribution is -0.124. The Morgan fingerprint density at radius 2 is 2.47 bits per heavy atom. The molecule has 82 valence electrons. The summed E-state index contributed by atoms with van der Waals surface area (Å²) in [6, 6.07) is -0.447. The Labute approximate surface area is 87.7 Å². The first-order chi connectivity index (χ1) is 7.19. The van der Waals surface area contributed by atoms with Crippen LogP contribution in [0.5, 0.6) is 0 Å². The Bertz CT molecular complexity index is 348. The van der Waals surface area contributed by atoms with Gasteiger partial charge in [0.25, 0.3) is 0 Å². The molecule has 15 heavy (non-hydrogen) atoms. The smallest absolute Gasteiger partial charge is 0.244 e. The number of amides is 1. The Balaban J connectivity index is 2.62. The maximum absolute atomic E-state index is 11.5. The highest BCUT2D eigenvalue weighted by atomic mass is 16.2. The molecule has 1 unspecified atom stereocenters. The van der Waals surface area contributed by atoms with Crippen molar-refractivity contribution >= 4 is 12.2 Å². The van der Waals surface area contributed by atoms with Crippen molar-refractivity contribution in [2.45, 2.75) is 26.3 Å². The molecule has 0 spiro atoms. The zero-order chi connectivity index (χ0) is 11.3. The predicted molar refractivity (Wildman–Crippen MR) is 53.4 cm³/mol. The third-order valence-corrected chi connectivity index (χ3v) is 1.97. The zero-order valence-corrected chi connectivity index (χ0v) is 8.80. The number of hydrogen-bond acceptors (Lipinski definition) is 4. The number of nitrogens with zero attached hydrogens (tertiary/aromatic N) is 3. The topological polar surface area (TPSA) is 76.9 Å². The molecule has 0 saturated heterocycles. The summed E-state index contributed by atoms with van der Waals surface area (Å²) >= 11 is 0. The quantitative estimate of drug-likeness (QED) is 0.703. The van der Waals surface area contributed by atoms with Gasteiger partial charge in [-0.25, -0.2) is 4.68 Å². The molecule has 6 nitrogen and oxygen atoms in total. The van der Waals surface area contributed by atoms with Crippen LogP contribution >= 0.6 is 0 Å². The highest BCUT2D eigenvalue weighted by Crippen LogP contribution is 2.03. The fourth-order valence-corrected chi connectivity index (χ4v) is 1.05. The minimum absolute atomic E-state index is 0.126. The van der Waals surface area contributed by atoms with E-state index in [1.54, 1.807) is 6.92 Å². The van der Waals surface area contributed by atoms with Crippen LogP contribution in [0.1, 0.15) is 36.8 Å². The molecule has 1 heterocycles. The number of hydrogen-bond donors (Lipinski definition) is 1. The zero-order valence-electron chi connectivity index (χ0n) is 8.80. The third kappa shape index (κ3) is 2.87. The second-order valence-electron chi connectivity index (χ2n) is 3.21. The number of rotatable bonds is 5. The molecule has 6 heteroatoms.